The average molecular weight is 666 g/mol. The van der Waals surface area contributed by atoms with Gasteiger partial charge in [0.2, 0.25) is 0 Å². The number of fused-ring (bicyclic) bond motifs is 2. The molecule has 0 aromatic heterocycles. The number of hydrogen-bond acceptors (Lipinski definition) is 0. The number of hydrogen-bond donors (Lipinski definition) is 0. The minimum atomic E-state index is -1.11. The Labute approximate surface area is 279 Å². The third-order valence-corrected chi connectivity index (χ3v) is 26.1. The summed E-state index contributed by atoms with van der Waals surface area (Å²) in [7, 11) is -2.20. The van der Waals surface area contributed by atoms with Gasteiger partial charge in [0, 0.05) is 0 Å². The second-order valence-corrected chi connectivity index (χ2v) is 23.0. The topological polar surface area (TPSA) is 0 Å². The summed E-state index contributed by atoms with van der Waals surface area (Å²) in [5.41, 5.74) is 2.11. The van der Waals surface area contributed by atoms with Crippen molar-refractivity contribution in [2.75, 3.05) is 0 Å². The van der Waals surface area contributed by atoms with Crippen LogP contribution in [-0.4, -0.2) is 16.6 Å². The number of benzene rings is 2. The molecule has 10 unspecified atom stereocenters. The molecule has 0 spiro atoms. The molecule has 226 valence electrons. The van der Waals surface area contributed by atoms with Crippen LogP contribution in [0.4, 0.5) is 0 Å². The summed E-state index contributed by atoms with van der Waals surface area (Å²) < 4.78 is 0. The first-order valence-electron chi connectivity index (χ1n) is 15.8. The molecule has 3 heteroatoms. The van der Waals surface area contributed by atoms with Gasteiger partial charge in [-0.2, -0.15) is 0 Å². The predicted molar refractivity (Wildman–Crippen MR) is 187 cm³/mol. The van der Waals surface area contributed by atoms with Crippen molar-refractivity contribution in [2.24, 2.45) is 35.5 Å². The molecule has 4 aliphatic carbocycles. The molecule has 0 amide bonds. The molecule has 0 aliphatic heterocycles. The van der Waals surface area contributed by atoms with Crippen LogP contribution in [0.1, 0.15) is 90.9 Å². The normalized spacial score (nSPS) is 32.8. The van der Waals surface area contributed by atoms with Crippen LogP contribution >= 0.6 is 0 Å². The van der Waals surface area contributed by atoms with Crippen molar-refractivity contribution >= 4 is 27.0 Å². The van der Waals surface area contributed by atoms with Crippen LogP contribution in [0.15, 0.2) is 60.7 Å². The third kappa shape index (κ3) is 8.08. The Bertz CT molecular complexity index is 965. The first-order chi connectivity index (χ1) is 17.7. The quantitative estimate of drug-likeness (QED) is 0.195. The van der Waals surface area contributed by atoms with E-state index in [2.05, 4.69) is 74.5 Å². The summed E-state index contributed by atoms with van der Waals surface area (Å²) in [6.45, 7) is 5.06. The van der Waals surface area contributed by atoms with Gasteiger partial charge in [0.25, 0.3) is 0 Å². The summed E-state index contributed by atoms with van der Waals surface area (Å²) in [5.74, 6) is 6.23. The molecular formula is C38H62Si2Zr. The van der Waals surface area contributed by atoms with Gasteiger partial charge in [-0.25, -0.2) is 0 Å². The maximum atomic E-state index is 2.68. The first kappa shape index (κ1) is 38.8. The summed E-state index contributed by atoms with van der Waals surface area (Å²) in [5, 5.41) is 3.69. The monoisotopic (exact) mass is 664 g/mol. The van der Waals surface area contributed by atoms with Crippen LogP contribution in [0.2, 0.25) is 11.1 Å². The zero-order valence-electron chi connectivity index (χ0n) is 27.5. The molecular weight excluding hydrogens is 604 g/mol. The molecule has 2 aromatic rings. The van der Waals surface area contributed by atoms with E-state index in [9.17, 15) is 0 Å². The fraction of sp³-hybridized carbons (Fsp3) is 0.579. The van der Waals surface area contributed by atoms with E-state index in [0.717, 1.165) is 46.6 Å². The van der Waals surface area contributed by atoms with Crippen molar-refractivity contribution in [3.05, 3.63) is 90.4 Å². The molecule has 4 saturated carbocycles. The fourth-order valence-corrected chi connectivity index (χ4v) is 27.1. The average Bonchev–Trinajstić information content (AvgIpc) is 3.67. The fourth-order valence-electron chi connectivity index (χ4n) is 10.3. The Hall–Kier alpha value is -0.243. The second kappa shape index (κ2) is 17.9. The van der Waals surface area contributed by atoms with Gasteiger partial charge in [0.1, 0.15) is 0 Å². The molecule has 0 bridgehead atoms. The maximum absolute atomic E-state index is 2.68. The molecule has 4 fully saturated rings. The number of rotatable bonds is 8. The summed E-state index contributed by atoms with van der Waals surface area (Å²) in [4.78, 5) is 0. The maximum Gasteiger partial charge on any atom is 4.00 e. The Balaban J connectivity index is 0.00000168. The Morgan fingerprint density at radius 1 is 0.659 bits per heavy atom. The van der Waals surface area contributed by atoms with E-state index < -0.39 is 16.6 Å². The van der Waals surface area contributed by atoms with E-state index in [1.807, 2.05) is 10.4 Å². The minimum Gasteiger partial charge on any atom is -0.358 e. The van der Waals surface area contributed by atoms with Crippen LogP contribution in [0.5, 0.6) is 0 Å². The van der Waals surface area contributed by atoms with E-state index in [-0.39, 0.29) is 55.9 Å². The van der Waals surface area contributed by atoms with Crippen molar-refractivity contribution in [1.82, 2.24) is 0 Å². The van der Waals surface area contributed by atoms with Crippen molar-refractivity contribution in [3.63, 3.8) is 0 Å². The first-order valence-corrected chi connectivity index (χ1v) is 21.0. The van der Waals surface area contributed by atoms with E-state index in [1.54, 1.807) is 44.9 Å². The standard InChI is InChI=1S/C34H50Si2.4CH3.Zr/c1-3-4-12-26-19-20-30(23-26)35(28-14-7-5-8-15-28)36(29-16-9-6-10-17-29)34-22-21-32-25(2)31-18-11-13-27(31)24-33(32)34;;;;;/h5-10,14-17,25-27,30-36H,3-4,11-13,18-24H2,1-2H3;4*1H3;/q;4*-1;+4. The molecule has 0 nitrogen and oxygen atoms in total. The van der Waals surface area contributed by atoms with Crippen LogP contribution in [0.25, 0.3) is 0 Å². The molecule has 2 aromatic carbocycles. The molecule has 0 N–H and O–H groups in total. The Morgan fingerprint density at radius 2 is 1.29 bits per heavy atom. The summed E-state index contributed by atoms with van der Waals surface area (Å²) in [6.07, 6.45) is 18.3. The zero-order chi connectivity index (χ0) is 24.5. The van der Waals surface area contributed by atoms with Crippen LogP contribution in [0.3, 0.4) is 0 Å². The van der Waals surface area contributed by atoms with E-state index in [4.69, 9.17) is 0 Å². The summed E-state index contributed by atoms with van der Waals surface area (Å²) in [6, 6.07) is 24.4. The van der Waals surface area contributed by atoms with Crippen LogP contribution in [0, 0.1) is 65.2 Å². The molecule has 0 saturated heterocycles. The van der Waals surface area contributed by atoms with Gasteiger partial charge in [-0.15, -0.1) is 0 Å². The second-order valence-electron chi connectivity index (χ2n) is 13.5. The zero-order valence-corrected chi connectivity index (χ0v) is 32.3. The number of unbranched alkanes of at least 4 members (excludes halogenated alkanes) is 1. The van der Waals surface area contributed by atoms with E-state index >= 15 is 0 Å². The smallest absolute Gasteiger partial charge is 0.358 e. The van der Waals surface area contributed by atoms with Crippen molar-refractivity contribution in [1.29, 1.82) is 0 Å². The van der Waals surface area contributed by atoms with Gasteiger partial charge < -0.3 is 29.7 Å². The molecule has 6 rings (SSSR count). The van der Waals surface area contributed by atoms with Gasteiger partial charge in [-0.1, -0.05) is 143 Å². The minimum absolute atomic E-state index is 0. The molecule has 4 aliphatic rings. The van der Waals surface area contributed by atoms with Crippen molar-refractivity contribution in [3.8, 4) is 0 Å². The molecule has 10 atom stereocenters. The SMILES string of the molecule is CCCCC1CCC([SiH](c2ccccc2)[SiH](c2ccccc2)C2CCC3C(C)C4CCCC4CC32)C1.[CH3-].[CH3-].[CH3-].[CH3-].[Zr+4]. The van der Waals surface area contributed by atoms with Crippen LogP contribution in [-0.2, 0) is 26.2 Å². The summed E-state index contributed by atoms with van der Waals surface area (Å²) >= 11 is 0. The van der Waals surface area contributed by atoms with Crippen LogP contribution < -0.4 is 10.4 Å². The molecule has 41 heavy (non-hydrogen) atoms. The predicted octanol–water partition coefficient (Wildman–Crippen LogP) is 9.35. The van der Waals surface area contributed by atoms with E-state index in [1.165, 1.54) is 32.1 Å². The van der Waals surface area contributed by atoms with E-state index in [0.29, 0.717) is 0 Å². The molecule has 0 radical (unpaired) electrons. The third-order valence-electron chi connectivity index (χ3n) is 11.8. The Morgan fingerprint density at radius 3 is 1.93 bits per heavy atom. The Kier molecular flexibility index (Phi) is 16.9. The van der Waals surface area contributed by atoms with Crippen molar-refractivity contribution < 1.29 is 26.2 Å². The van der Waals surface area contributed by atoms with Gasteiger partial charge in [0.05, 0.1) is 16.6 Å². The van der Waals surface area contributed by atoms with Crippen molar-refractivity contribution in [2.45, 2.75) is 102 Å². The van der Waals surface area contributed by atoms with Gasteiger partial charge in [-0.3, -0.25) is 0 Å². The molecule has 0 heterocycles. The van der Waals surface area contributed by atoms with Gasteiger partial charge >= 0.3 is 26.2 Å². The van der Waals surface area contributed by atoms with Gasteiger partial charge in [-0.05, 0) is 65.9 Å². The van der Waals surface area contributed by atoms with Gasteiger partial charge in [0.15, 0.2) is 0 Å². The largest absolute Gasteiger partial charge is 4.00 e.